The minimum Gasteiger partial charge on any atom is -0.481 e. The molecule has 0 rings (SSSR count). The average Bonchev–Trinajstić information content (AvgIpc) is 2.19. The number of hydrogen-bond donors (Lipinski definition) is 1. The minimum atomic E-state index is -0.803. The molecule has 0 aliphatic rings. The standard InChI is InChI=1S/C16H31NO3/c1-12(2)17(9-7-8-15(19)20)14(18)10-13(3)11-16(4,5)6/h12-13H,7-11H2,1-6H3,(H,19,20). The predicted octanol–water partition coefficient (Wildman–Crippen LogP) is 3.55. The van der Waals surface area contributed by atoms with Gasteiger partial charge in [-0.15, -0.1) is 0 Å². The van der Waals surface area contributed by atoms with Crippen LogP contribution in [0.5, 0.6) is 0 Å². The topological polar surface area (TPSA) is 57.6 Å². The quantitative estimate of drug-likeness (QED) is 0.742. The van der Waals surface area contributed by atoms with Crippen molar-refractivity contribution in [2.45, 2.75) is 73.3 Å². The minimum absolute atomic E-state index is 0.119. The van der Waals surface area contributed by atoms with E-state index in [-0.39, 0.29) is 23.8 Å². The number of carboxylic acid groups (broad SMARTS) is 1. The number of amides is 1. The first-order chi connectivity index (χ1) is 9.03. The first-order valence-corrected chi connectivity index (χ1v) is 7.54. The molecule has 1 amide bonds. The third-order valence-corrected chi connectivity index (χ3v) is 3.22. The van der Waals surface area contributed by atoms with Crippen LogP contribution in [0.3, 0.4) is 0 Å². The molecule has 1 atom stereocenters. The average molecular weight is 285 g/mol. The molecule has 0 saturated carbocycles. The van der Waals surface area contributed by atoms with Gasteiger partial charge in [0.1, 0.15) is 0 Å². The van der Waals surface area contributed by atoms with E-state index in [1.54, 1.807) is 0 Å². The number of rotatable bonds is 8. The summed E-state index contributed by atoms with van der Waals surface area (Å²) in [6, 6.07) is 0.123. The summed E-state index contributed by atoms with van der Waals surface area (Å²) in [5.41, 5.74) is 0.228. The molecule has 0 aromatic carbocycles. The Kier molecular flexibility index (Phi) is 7.84. The summed E-state index contributed by atoms with van der Waals surface area (Å²) in [4.78, 5) is 24.7. The lowest BCUT2D eigenvalue weighted by Crippen LogP contribution is -2.38. The molecule has 118 valence electrons. The van der Waals surface area contributed by atoms with Crippen molar-refractivity contribution in [1.29, 1.82) is 0 Å². The number of carbonyl (C=O) groups is 2. The third-order valence-electron chi connectivity index (χ3n) is 3.22. The van der Waals surface area contributed by atoms with Crippen molar-refractivity contribution < 1.29 is 14.7 Å². The smallest absolute Gasteiger partial charge is 0.303 e. The zero-order valence-corrected chi connectivity index (χ0v) is 13.9. The van der Waals surface area contributed by atoms with Crippen LogP contribution in [0.1, 0.15) is 67.2 Å². The van der Waals surface area contributed by atoms with E-state index in [0.717, 1.165) is 6.42 Å². The maximum Gasteiger partial charge on any atom is 0.303 e. The van der Waals surface area contributed by atoms with Crippen LogP contribution in [0.25, 0.3) is 0 Å². The van der Waals surface area contributed by atoms with E-state index in [1.807, 2.05) is 18.7 Å². The van der Waals surface area contributed by atoms with Crippen LogP contribution in [-0.2, 0) is 9.59 Å². The Morgan fingerprint density at radius 2 is 1.70 bits per heavy atom. The van der Waals surface area contributed by atoms with Crippen molar-refractivity contribution in [2.75, 3.05) is 6.54 Å². The van der Waals surface area contributed by atoms with Crippen LogP contribution in [-0.4, -0.2) is 34.5 Å². The summed E-state index contributed by atoms with van der Waals surface area (Å²) >= 11 is 0. The van der Waals surface area contributed by atoms with Gasteiger partial charge in [0.05, 0.1) is 0 Å². The van der Waals surface area contributed by atoms with Crippen molar-refractivity contribution in [3.05, 3.63) is 0 Å². The molecule has 0 aliphatic carbocycles. The lowest BCUT2D eigenvalue weighted by atomic mass is 9.84. The Balaban J connectivity index is 4.39. The first kappa shape index (κ1) is 18.9. The number of nitrogens with zero attached hydrogens (tertiary/aromatic N) is 1. The summed E-state index contributed by atoms with van der Waals surface area (Å²) in [6.07, 6.45) is 2.20. The second-order valence-electron chi connectivity index (χ2n) is 7.25. The van der Waals surface area contributed by atoms with Gasteiger partial charge in [0.15, 0.2) is 0 Å². The fourth-order valence-corrected chi connectivity index (χ4v) is 2.60. The molecule has 4 nitrogen and oxygen atoms in total. The molecule has 0 aliphatic heterocycles. The van der Waals surface area contributed by atoms with Crippen molar-refractivity contribution in [1.82, 2.24) is 4.90 Å². The van der Waals surface area contributed by atoms with Gasteiger partial charge in [-0.3, -0.25) is 9.59 Å². The van der Waals surface area contributed by atoms with Gasteiger partial charge < -0.3 is 10.0 Å². The van der Waals surface area contributed by atoms with Crippen molar-refractivity contribution in [3.63, 3.8) is 0 Å². The largest absolute Gasteiger partial charge is 0.481 e. The Morgan fingerprint density at radius 1 is 1.15 bits per heavy atom. The molecule has 20 heavy (non-hydrogen) atoms. The summed E-state index contributed by atoms with van der Waals surface area (Å²) in [5.74, 6) is -0.312. The SMILES string of the molecule is CC(CC(=O)N(CCCC(=O)O)C(C)C)CC(C)(C)C. The van der Waals surface area contributed by atoms with E-state index in [0.29, 0.717) is 25.3 Å². The zero-order chi connectivity index (χ0) is 15.9. The van der Waals surface area contributed by atoms with Crippen LogP contribution >= 0.6 is 0 Å². The van der Waals surface area contributed by atoms with E-state index in [4.69, 9.17) is 5.11 Å². The highest BCUT2D eigenvalue weighted by Gasteiger charge is 2.22. The summed E-state index contributed by atoms with van der Waals surface area (Å²) in [7, 11) is 0. The van der Waals surface area contributed by atoms with Gasteiger partial charge in [0.25, 0.3) is 0 Å². The molecular weight excluding hydrogens is 254 g/mol. The molecule has 0 radical (unpaired) electrons. The van der Waals surface area contributed by atoms with Gasteiger partial charge in [-0.2, -0.15) is 0 Å². The van der Waals surface area contributed by atoms with Crippen LogP contribution < -0.4 is 0 Å². The maximum absolute atomic E-state index is 12.3. The highest BCUT2D eigenvalue weighted by atomic mass is 16.4. The molecule has 1 unspecified atom stereocenters. The predicted molar refractivity (Wildman–Crippen MR) is 81.6 cm³/mol. The van der Waals surface area contributed by atoms with E-state index < -0.39 is 5.97 Å². The van der Waals surface area contributed by atoms with Gasteiger partial charge in [0, 0.05) is 25.4 Å². The fourth-order valence-electron chi connectivity index (χ4n) is 2.60. The molecule has 0 saturated heterocycles. The van der Waals surface area contributed by atoms with Gasteiger partial charge in [-0.05, 0) is 38.0 Å². The first-order valence-electron chi connectivity index (χ1n) is 7.54. The Morgan fingerprint density at radius 3 is 2.10 bits per heavy atom. The van der Waals surface area contributed by atoms with Crippen molar-refractivity contribution in [2.24, 2.45) is 11.3 Å². The normalized spacial score (nSPS) is 13.3. The molecule has 4 heteroatoms. The highest BCUT2D eigenvalue weighted by molar-refractivity contribution is 5.76. The van der Waals surface area contributed by atoms with E-state index in [2.05, 4.69) is 27.7 Å². The number of aliphatic carboxylic acids is 1. The Labute approximate surface area is 123 Å². The molecule has 0 heterocycles. The molecule has 0 aromatic heterocycles. The van der Waals surface area contributed by atoms with Gasteiger partial charge in [0.2, 0.25) is 5.91 Å². The molecule has 0 spiro atoms. The number of carbonyl (C=O) groups excluding carboxylic acids is 1. The lowest BCUT2D eigenvalue weighted by molar-refractivity contribution is -0.139. The van der Waals surface area contributed by atoms with Crippen molar-refractivity contribution >= 4 is 11.9 Å². The summed E-state index contributed by atoms with van der Waals surface area (Å²) < 4.78 is 0. The van der Waals surface area contributed by atoms with Crippen LogP contribution in [0.2, 0.25) is 0 Å². The molecular formula is C16H31NO3. The lowest BCUT2D eigenvalue weighted by Gasteiger charge is -2.29. The summed E-state index contributed by atoms with van der Waals surface area (Å²) in [5, 5.41) is 8.67. The van der Waals surface area contributed by atoms with Gasteiger partial charge in [-0.25, -0.2) is 0 Å². The third kappa shape index (κ3) is 8.94. The second-order valence-corrected chi connectivity index (χ2v) is 7.25. The molecule has 1 N–H and O–H groups in total. The highest BCUT2D eigenvalue weighted by Crippen LogP contribution is 2.26. The van der Waals surface area contributed by atoms with Crippen LogP contribution in [0, 0.1) is 11.3 Å². The molecule has 0 aromatic rings. The van der Waals surface area contributed by atoms with Gasteiger partial charge >= 0.3 is 5.97 Å². The summed E-state index contributed by atoms with van der Waals surface area (Å²) in [6.45, 7) is 13.1. The fraction of sp³-hybridized carbons (Fsp3) is 0.875. The van der Waals surface area contributed by atoms with Crippen LogP contribution in [0.4, 0.5) is 0 Å². The second kappa shape index (κ2) is 8.28. The maximum atomic E-state index is 12.3. The van der Waals surface area contributed by atoms with Crippen molar-refractivity contribution in [3.8, 4) is 0 Å². The number of hydrogen-bond acceptors (Lipinski definition) is 2. The van der Waals surface area contributed by atoms with E-state index in [1.165, 1.54) is 0 Å². The van der Waals surface area contributed by atoms with Crippen LogP contribution in [0.15, 0.2) is 0 Å². The van der Waals surface area contributed by atoms with E-state index in [9.17, 15) is 9.59 Å². The number of carboxylic acids is 1. The Bertz CT molecular complexity index is 318. The molecule has 0 bridgehead atoms. The van der Waals surface area contributed by atoms with Gasteiger partial charge in [-0.1, -0.05) is 27.7 Å². The Hall–Kier alpha value is -1.06. The molecule has 0 fully saturated rings. The monoisotopic (exact) mass is 285 g/mol. The van der Waals surface area contributed by atoms with E-state index >= 15 is 0 Å². The zero-order valence-electron chi connectivity index (χ0n) is 13.9.